The number of likely N-dealkylation sites (tertiary alicyclic amines) is 1. The summed E-state index contributed by atoms with van der Waals surface area (Å²) in [6.07, 6.45) is 10.2. The van der Waals surface area contributed by atoms with E-state index in [2.05, 4.69) is 22.3 Å². The van der Waals surface area contributed by atoms with E-state index in [9.17, 15) is 0 Å². The largest absolute Gasteiger partial charge is 0.497 e. The number of nitrogens with zero attached hydrogens (tertiary/aromatic N) is 2. The predicted octanol–water partition coefficient (Wildman–Crippen LogP) is 3.46. The van der Waals surface area contributed by atoms with E-state index in [0.717, 1.165) is 18.8 Å². The molecule has 0 bridgehead atoms. The Balaban J connectivity index is 1.66. The third kappa shape index (κ3) is 5.37. The van der Waals surface area contributed by atoms with Gasteiger partial charge < -0.3 is 15.8 Å². The molecule has 1 heterocycles. The molecule has 1 aliphatic carbocycles. The molecule has 3 rings (SSSR count). The maximum atomic E-state index is 6.21. The van der Waals surface area contributed by atoms with E-state index in [-0.39, 0.29) is 6.04 Å². The summed E-state index contributed by atoms with van der Waals surface area (Å²) in [6.45, 7) is 2.99. The number of ether oxygens (including phenoxy) is 1. The number of piperidine rings is 1. The molecule has 1 atom stereocenters. The number of aliphatic imine (C=N–C) groups is 1. The summed E-state index contributed by atoms with van der Waals surface area (Å²) in [5.41, 5.74) is 7.50. The normalized spacial score (nSPS) is 21.3. The number of rotatable bonds is 6. The molecule has 0 spiro atoms. The van der Waals surface area contributed by atoms with E-state index < -0.39 is 0 Å². The van der Waals surface area contributed by atoms with Gasteiger partial charge >= 0.3 is 0 Å². The molecule has 1 saturated carbocycles. The van der Waals surface area contributed by atoms with Crippen molar-refractivity contribution in [2.75, 3.05) is 26.7 Å². The molecule has 0 amide bonds. The van der Waals surface area contributed by atoms with Crippen molar-refractivity contribution in [1.29, 1.82) is 0 Å². The third-order valence-electron chi connectivity index (χ3n) is 5.72. The van der Waals surface area contributed by atoms with Gasteiger partial charge in [-0.3, -0.25) is 9.89 Å². The molecule has 1 aromatic carbocycles. The Kier molecular flexibility index (Phi) is 7.18. The summed E-state index contributed by atoms with van der Waals surface area (Å²) in [5.74, 6) is 1.50. The van der Waals surface area contributed by atoms with E-state index in [4.69, 9.17) is 15.5 Å². The van der Waals surface area contributed by atoms with Gasteiger partial charge in [0.05, 0.1) is 19.7 Å². The molecule has 0 radical (unpaired) electrons. The van der Waals surface area contributed by atoms with E-state index in [1.54, 1.807) is 7.11 Å². The van der Waals surface area contributed by atoms with Gasteiger partial charge in [-0.2, -0.15) is 0 Å². The minimum Gasteiger partial charge on any atom is -0.497 e. The monoisotopic (exact) mass is 358 g/mol. The summed E-state index contributed by atoms with van der Waals surface area (Å²) in [7, 11) is 1.71. The van der Waals surface area contributed by atoms with Crippen molar-refractivity contribution in [3.05, 3.63) is 29.8 Å². The predicted molar refractivity (Wildman–Crippen MR) is 108 cm³/mol. The Morgan fingerprint density at radius 1 is 1.12 bits per heavy atom. The van der Waals surface area contributed by atoms with Crippen LogP contribution in [0.2, 0.25) is 0 Å². The maximum Gasteiger partial charge on any atom is 0.188 e. The van der Waals surface area contributed by atoms with E-state index in [1.807, 2.05) is 12.1 Å². The van der Waals surface area contributed by atoms with Gasteiger partial charge in [0.25, 0.3) is 0 Å². The Bertz CT molecular complexity index is 560. The fraction of sp³-hybridized carbons (Fsp3) is 0.667. The highest BCUT2D eigenvalue weighted by atomic mass is 16.5. The zero-order valence-corrected chi connectivity index (χ0v) is 16.1. The number of nitrogens with two attached hydrogens (primary N) is 1. The smallest absolute Gasteiger partial charge is 0.188 e. The highest BCUT2D eigenvalue weighted by molar-refractivity contribution is 5.78. The summed E-state index contributed by atoms with van der Waals surface area (Å²) in [4.78, 5) is 7.28. The van der Waals surface area contributed by atoms with Crippen molar-refractivity contribution in [1.82, 2.24) is 10.2 Å². The standard InChI is InChI=1S/C21H34N4O/c1-26-19-12-10-17(11-13-19)20(25-14-6-3-7-15-25)16-23-21(22)24-18-8-4-2-5-9-18/h10-13,18,20H,2-9,14-16H2,1H3,(H3,22,23,24). The number of hydrogen-bond acceptors (Lipinski definition) is 3. The van der Waals surface area contributed by atoms with Crippen molar-refractivity contribution < 1.29 is 4.74 Å². The van der Waals surface area contributed by atoms with Crippen LogP contribution in [0, 0.1) is 0 Å². The van der Waals surface area contributed by atoms with Crippen LogP contribution in [0.25, 0.3) is 0 Å². The molecule has 5 heteroatoms. The van der Waals surface area contributed by atoms with Gasteiger partial charge in [0, 0.05) is 6.04 Å². The van der Waals surface area contributed by atoms with Gasteiger partial charge in [0.2, 0.25) is 0 Å². The molecule has 1 saturated heterocycles. The van der Waals surface area contributed by atoms with Crippen molar-refractivity contribution in [3.63, 3.8) is 0 Å². The molecule has 1 aliphatic heterocycles. The molecular weight excluding hydrogens is 324 g/mol. The molecule has 2 aliphatic rings. The summed E-state index contributed by atoms with van der Waals surface area (Å²) >= 11 is 0. The minimum atomic E-state index is 0.285. The molecule has 2 fully saturated rings. The Morgan fingerprint density at radius 3 is 2.42 bits per heavy atom. The minimum absolute atomic E-state index is 0.285. The van der Waals surface area contributed by atoms with Crippen LogP contribution < -0.4 is 15.8 Å². The van der Waals surface area contributed by atoms with Gasteiger partial charge in [0.1, 0.15) is 5.75 Å². The number of methoxy groups -OCH3 is 1. The molecular formula is C21H34N4O. The first-order chi connectivity index (χ1) is 12.8. The second kappa shape index (κ2) is 9.81. The maximum absolute atomic E-state index is 6.21. The Hall–Kier alpha value is -1.75. The Labute approximate surface area is 158 Å². The van der Waals surface area contributed by atoms with Crippen LogP contribution in [0.3, 0.4) is 0 Å². The molecule has 1 unspecified atom stereocenters. The van der Waals surface area contributed by atoms with E-state index >= 15 is 0 Å². The SMILES string of the molecule is COc1ccc(C(CN=C(N)NC2CCCCC2)N2CCCCC2)cc1. The van der Waals surface area contributed by atoms with Crippen molar-refractivity contribution in [2.24, 2.45) is 10.7 Å². The van der Waals surface area contributed by atoms with E-state index in [0.29, 0.717) is 18.5 Å². The second-order valence-corrected chi connectivity index (χ2v) is 7.59. The second-order valence-electron chi connectivity index (χ2n) is 7.59. The number of guanidine groups is 1. The summed E-state index contributed by atoms with van der Waals surface area (Å²) < 4.78 is 5.31. The average Bonchev–Trinajstić information content (AvgIpc) is 2.70. The molecule has 26 heavy (non-hydrogen) atoms. The first-order valence-electron chi connectivity index (χ1n) is 10.2. The fourth-order valence-electron chi connectivity index (χ4n) is 4.17. The van der Waals surface area contributed by atoms with Crippen LogP contribution in [-0.2, 0) is 0 Å². The molecule has 3 N–H and O–H groups in total. The van der Waals surface area contributed by atoms with Crippen LogP contribution in [0.5, 0.6) is 5.75 Å². The zero-order chi connectivity index (χ0) is 18.2. The summed E-state index contributed by atoms with van der Waals surface area (Å²) in [5, 5.41) is 3.44. The molecule has 1 aromatic rings. The van der Waals surface area contributed by atoms with Crippen LogP contribution in [0.1, 0.15) is 63.0 Å². The lowest BCUT2D eigenvalue weighted by atomic mass is 9.96. The first kappa shape index (κ1) is 19.0. The number of nitrogens with one attached hydrogen (secondary N) is 1. The van der Waals surface area contributed by atoms with Crippen molar-refractivity contribution in [3.8, 4) is 5.75 Å². The van der Waals surface area contributed by atoms with Crippen LogP contribution >= 0.6 is 0 Å². The Morgan fingerprint density at radius 2 is 1.77 bits per heavy atom. The third-order valence-corrected chi connectivity index (χ3v) is 5.72. The zero-order valence-electron chi connectivity index (χ0n) is 16.1. The topological polar surface area (TPSA) is 62.9 Å². The lowest BCUT2D eigenvalue weighted by molar-refractivity contribution is 0.167. The van der Waals surface area contributed by atoms with Gasteiger partial charge in [-0.1, -0.05) is 37.8 Å². The fourth-order valence-corrected chi connectivity index (χ4v) is 4.17. The lowest BCUT2D eigenvalue weighted by Gasteiger charge is -2.34. The quantitative estimate of drug-likeness (QED) is 0.604. The van der Waals surface area contributed by atoms with Crippen LogP contribution in [0.4, 0.5) is 0 Å². The van der Waals surface area contributed by atoms with Gasteiger partial charge in [-0.05, 0) is 56.5 Å². The van der Waals surface area contributed by atoms with Gasteiger partial charge in [0.15, 0.2) is 5.96 Å². The van der Waals surface area contributed by atoms with E-state index in [1.165, 1.54) is 56.9 Å². The first-order valence-corrected chi connectivity index (χ1v) is 10.2. The number of hydrogen-bond donors (Lipinski definition) is 2. The highest BCUT2D eigenvalue weighted by Gasteiger charge is 2.22. The van der Waals surface area contributed by atoms with Crippen LogP contribution in [0.15, 0.2) is 29.3 Å². The van der Waals surface area contributed by atoms with Crippen LogP contribution in [-0.4, -0.2) is 43.6 Å². The average molecular weight is 359 g/mol. The van der Waals surface area contributed by atoms with Gasteiger partial charge in [-0.15, -0.1) is 0 Å². The number of benzene rings is 1. The molecule has 5 nitrogen and oxygen atoms in total. The lowest BCUT2D eigenvalue weighted by Crippen LogP contribution is -2.42. The molecule has 0 aromatic heterocycles. The molecule has 144 valence electrons. The van der Waals surface area contributed by atoms with Gasteiger partial charge in [-0.25, -0.2) is 0 Å². The highest BCUT2D eigenvalue weighted by Crippen LogP contribution is 2.26. The van der Waals surface area contributed by atoms with Crippen molar-refractivity contribution in [2.45, 2.75) is 63.5 Å². The summed E-state index contributed by atoms with van der Waals surface area (Å²) in [6, 6.07) is 9.20. The van der Waals surface area contributed by atoms with Crippen molar-refractivity contribution >= 4 is 5.96 Å².